The van der Waals surface area contributed by atoms with Crippen molar-refractivity contribution in [3.63, 3.8) is 0 Å². The number of hydrogen-bond acceptors (Lipinski definition) is 4. The van der Waals surface area contributed by atoms with E-state index in [0.29, 0.717) is 0 Å². The van der Waals surface area contributed by atoms with Crippen molar-refractivity contribution in [1.82, 2.24) is 10.5 Å². The Morgan fingerprint density at radius 2 is 2.21 bits per heavy atom. The third-order valence-electron chi connectivity index (χ3n) is 2.75. The average Bonchev–Trinajstić information content (AvgIpc) is 2.65. The molecule has 1 aliphatic heterocycles. The van der Waals surface area contributed by atoms with Crippen LogP contribution in [0.1, 0.15) is 25.2 Å². The van der Waals surface area contributed by atoms with Crippen molar-refractivity contribution < 1.29 is 4.52 Å². The SMILES string of the molecule is CCN(CC)c1noc2c1CCNC2. The smallest absolute Gasteiger partial charge is 0.175 e. The largest absolute Gasteiger partial charge is 0.358 e. The number of nitrogens with zero attached hydrogens (tertiary/aromatic N) is 2. The highest BCUT2D eigenvalue weighted by molar-refractivity contribution is 5.48. The molecule has 0 aromatic carbocycles. The zero-order valence-electron chi connectivity index (χ0n) is 8.84. The summed E-state index contributed by atoms with van der Waals surface area (Å²) in [5.74, 6) is 2.06. The second-order valence-corrected chi connectivity index (χ2v) is 3.51. The molecule has 0 radical (unpaired) electrons. The molecular formula is C10H17N3O. The molecule has 2 heterocycles. The van der Waals surface area contributed by atoms with Crippen LogP contribution in [0.4, 0.5) is 5.82 Å². The van der Waals surface area contributed by atoms with Crippen LogP contribution in [0.25, 0.3) is 0 Å². The number of fused-ring (bicyclic) bond motifs is 1. The predicted octanol–water partition coefficient (Wildman–Crippen LogP) is 1.17. The van der Waals surface area contributed by atoms with Crippen molar-refractivity contribution in [1.29, 1.82) is 0 Å². The van der Waals surface area contributed by atoms with Gasteiger partial charge in [-0.3, -0.25) is 0 Å². The molecule has 2 rings (SSSR count). The molecule has 78 valence electrons. The zero-order valence-corrected chi connectivity index (χ0v) is 8.84. The van der Waals surface area contributed by atoms with Gasteiger partial charge in [-0.25, -0.2) is 0 Å². The van der Waals surface area contributed by atoms with Crippen LogP contribution in [0.2, 0.25) is 0 Å². The summed E-state index contributed by atoms with van der Waals surface area (Å²) in [7, 11) is 0. The first-order valence-electron chi connectivity index (χ1n) is 5.29. The van der Waals surface area contributed by atoms with Crippen molar-refractivity contribution in [3.8, 4) is 0 Å². The zero-order chi connectivity index (χ0) is 9.97. The maximum absolute atomic E-state index is 5.32. The molecule has 0 fully saturated rings. The maximum atomic E-state index is 5.32. The Labute approximate surface area is 84.3 Å². The normalized spacial score (nSPS) is 15.3. The van der Waals surface area contributed by atoms with Crippen LogP contribution >= 0.6 is 0 Å². The molecule has 0 aliphatic carbocycles. The minimum Gasteiger partial charge on any atom is -0.358 e. The molecule has 0 saturated carbocycles. The predicted molar refractivity (Wildman–Crippen MR) is 55.5 cm³/mol. The second kappa shape index (κ2) is 4.00. The quantitative estimate of drug-likeness (QED) is 0.786. The fourth-order valence-corrected chi connectivity index (χ4v) is 1.91. The van der Waals surface area contributed by atoms with Crippen molar-refractivity contribution in [2.75, 3.05) is 24.5 Å². The Morgan fingerprint density at radius 3 is 2.93 bits per heavy atom. The molecule has 0 bridgehead atoms. The Balaban J connectivity index is 2.29. The van der Waals surface area contributed by atoms with Gasteiger partial charge in [-0.2, -0.15) is 0 Å². The van der Waals surface area contributed by atoms with Crippen LogP contribution < -0.4 is 10.2 Å². The molecule has 4 heteroatoms. The average molecular weight is 195 g/mol. The first-order chi connectivity index (χ1) is 6.86. The summed E-state index contributed by atoms with van der Waals surface area (Å²) in [6.45, 7) is 8.12. The minimum absolute atomic E-state index is 0.823. The van der Waals surface area contributed by atoms with E-state index in [2.05, 4.69) is 29.2 Å². The summed E-state index contributed by atoms with van der Waals surface area (Å²) in [5, 5.41) is 7.43. The van der Waals surface area contributed by atoms with Crippen molar-refractivity contribution in [3.05, 3.63) is 11.3 Å². The number of anilines is 1. The molecular weight excluding hydrogens is 178 g/mol. The summed E-state index contributed by atoms with van der Waals surface area (Å²) in [6.07, 6.45) is 1.03. The fourth-order valence-electron chi connectivity index (χ4n) is 1.91. The van der Waals surface area contributed by atoms with E-state index in [0.717, 1.165) is 44.2 Å². The molecule has 0 amide bonds. The lowest BCUT2D eigenvalue weighted by Gasteiger charge is -2.20. The molecule has 1 aliphatic rings. The number of hydrogen-bond donors (Lipinski definition) is 1. The van der Waals surface area contributed by atoms with E-state index in [1.165, 1.54) is 5.56 Å². The van der Waals surface area contributed by atoms with Gasteiger partial charge in [0, 0.05) is 18.7 Å². The first-order valence-corrected chi connectivity index (χ1v) is 5.29. The summed E-state index contributed by atoms with van der Waals surface area (Å²) >= 11 is 0. The standard InChI is InChI=1S/C10H17N3O/c1-3-13(4-2)10-8-5-6-11-7-9(8)14-12-10/h11H,3-7H2,1-2H3. The number of rotatable bonds is 3. The Kier molecular flexibility index (Phi) is 2.72. The van der Waals surface area contributed by atoms with Gasteiger partial charge in [0.1, 0.15) is 0 Å². The fraction of sp³-hybridized carbons (Fsp3) is 0.700. The van der Waals surface area contributed by atoms with Gasteiger partial charge < -0.3 is 14.7 Å². The first kappa shape index (κ1) is 9.52. The lowest BCUT2D eigenvalue weighted by Crippen LogP contribution is -2.27. The Morgan fingerprint density at radius 1 is 1.43 bits per heavy atom. The van der Waals surface area contributed by atoms with E-state index in [9.17, 15) is 0 Å². The van der Waals surface area contributed by atoms with Crippen LogP contribution in [0.15, 0.2) is 4.52 Å². The van der Waals surface area contributed by atoms with Crippen LogP contribution in [0.3, 0.4) is 0 Å². The maximum Gasteiger partial charge on any atom is 0.175 e. The van der Waals surface area contributed by atoms with E-state index in [-0.39, 0.29) is 0 Å². The second-order valence-electron chi connectivity index (χ2n) is 3.51. The molecule has 0 saturated heterocycles. The van der Waals surface area contributed by atoms with Gasteiger partial charge in [-0.1, -0.05) is 5.16 Å². The Hall–Kier alpha value is -1.03. The summed E-state index contributed by atoms with van der Waals surface area (Å²) in [6, 6.07) is 0. The van der Waals surface area contributed by atoms with Crippen molar-refractivity contribution in [2.45, 2.75) is 26.8 Å². The highest BCUT2D eigenvalue weighted by Gasteiger charge is 2.21. The van der Waals surface area contributed by atoms with E-state index in [4.69, 9.17) is 4.52 Å². The lowest BCUT2D eigenvalue weighted by atomic mass is 10.1. The molecule has 4 nitrogen and oxygen atoms in total. The van der Waals surface area contributed by atoms with Crippen molar-refractivity contribution in [2.24, 2.45) is 0 Å². The molecule has 1 aromatic heterocycles. The van der Waals surface area contributed by atoms with E-state index in [1.54, 1.807) is 0 Å². The summed E-state index contributed by atoms with van der Waals surface area (Å²) in [5.41, 5.74) is 1.30. The van der Waals surface area contributed by atoms with E-state index < -0.39 is 0 Å². The Bertz CT molecular complexity index is 304. The van der Waals surface area contributed by atoms with Gasteiger partial charge in [-0.05, 0) is 26.8 Å². The van der Waals surface area contributed by atoms with Crippen LogP contribution in [0.5, 0.6) is 0 Å². The number of nitrogens with one attached hydrogen (secondary N) is 1. The van der Waals surface area contributed by atoms with Crippen molar-refractivity contribution >= 4 is 5.82 Å². The van der Waals surface area contributed by atoms with Crippen LogP contribution in [-0.4, -0.2) is 24.8 Å². The monoisotopic (exact) mass is 195 g/mol. The van der Waals surface area contributed by atoms with Gasteiger partial charge in [0.25, 0.3) is 0 Å². The molecule has 0 unspecified atom stereocenters. The van der Waals surface area contributed by atoms with Gasteiger partial charge in [0.05, 0.1) is 6.54 Å². The minimum atomic E-state index is 0.823. The highest BCUT2D eigenvalue weighted by atomic mass is 16.5. The molecule has 14 heavy (non-hydrogen) atoms. The molecule has 0 atom stereocenters. The van der Waals surface area contributed by atoms with Gasteiger partial charge in [-0.15, -0.1) is 0 Å². The van der Waals surface area contributed by atoms with Crippen LogP contribution in [0, 0.1) is 0 Å². The van der Waals surface area contributed by atoms with Gasteiger partial charge in [0.15, 0.2) is 11.6 Å². The van der Waals surface area contributed by atoms with E-state index in [1.807, 2.05) is 0 Å². The molecule has 0 spiro atoms. The van der Waals surface area contributed by atoms with E-state index >= 15 is 0 Å². The molecule has 1 N–H and O–H groups in total. The highest BCUT2D eigenvalue weighted by Crippen LogP contribution is 2.25. The van der Waals surface area contributed by atoms with Crippen LogP contribution in [-0.2, 0) is 13.0 Å². The summed E-state index contributed by atoms with van der Waals surface area (Å²) in [4.78, 5) is 2.24. The number of aromatic nitrogens is 1. The third-order valence-corrected chi connectivity index (χ3v) is 2.75. The topological polar surface area (TPSA) is 41.3 Å². The third kappa shape index (κ3) is 1.50. The summed E-state index contributed by atoms with van der Waals surface area (Å²) < 4.78 is 5.32. The molecule has 1 aromatic rings. The van der Waals surface area contributed by atoms with Gasteiger partial charge in [0.2, 0.25) is 0 Å². The lowest BCUT2D eigenvalue weighted by molar-refractivity contribution is 0.365. The van der Waals surface area contributed by atoms with Gasteiger partial charge >= 0.3 is 0 Å².